The third-order valence-electron chi connectivity index (χ3n) is 3.84. The van der Waals surface area contributed by atoms with E-state index in [-0.39, 0.29) is 17.2 Å². The summed E-state index contributed by atoms with van der Waals surface area (Å²) < 4.78 is 39.0. The maximum Gasteiger partial charge on any atom is 0.256 e. The molecule has 1 aromatic heterocycles. The van der Waals surface area contributed by atoms with Gasteiger partial charge in [0.1, 0.15) is 11.6 Å². The Labute approximate surface area is 154 Å². The quantitative estimate of drug-likeness (QED) is 0.675. The zero-order chi connectivity index (χ0) is 19.2. The van der Waals surface area contributed by atoms with Gasteiger partial charge in [-0.3, -0.25) is 4.79 Å². The minimum Gasteiger partial charge on any atom is -0.383 e. The minimum atomic E-state index is -1.09. The summed E-state index contributed by atoms with van der Waals surface area (Å²) in [6.07, 6.45) is 2.26. The molecule has 1 amide bonds. The molecule has 0 unspecified atom stereocenters. The van der Waals surface area contributed by atoms with Crippen LogP contribution in [0.15, 0.2) is 60.8 Å². The van der Waals surface area contributed by atoms with Gasteiger partial charge >= 0.3 is 0 Å². The fraction of sp³-hybridized carbons (Fsp3) is 0.100. The van der Waals surface area contributed by atoms with Crippen molar-refractivity contribution in [2.75, 3.05) is 17.2 Å². The highest BCUT2D eigenvalue weighted by atomic mass is 19.2. The van der Waals surface area contributed by atoms with E-state index in [4.69, 9.17) is 0 Å². The van der Waals surface area contributed by atoms with Gasteiger partial charge in [-0.2, -0.15) is 0 Å². The minimum absolute atomic E-state index is 0.00259. The number of carbonyl (C=O) groups is 1. The summed E-state index contributed by atoms with van der Waals surface area (Å²) in [6.45, 7) is 0.633. The molecule has 2 N–H and O–H groups in total. The summed E-state index contributed by atoms with van der Waals surface area (Å²) in [5.41, 5.74) is 1.76. The van der Waals surface area contributed by atoms with Crippen LogP contribution < -0.4 is 10.6 Å². The fourth-order valence-corrected chi connectivity index (χ4v) is 2.40. The third-order valence-corrected chi connectivity index (χ3v) is 3.84. The molecule has 0 atom stereocenters. The van der Waals surface area contributed by atoms with Crippen molar-refractivity contribution in [1.29, 1.82) is 0 Å². The summed E-state index contributed by atoms with van der Waals surface area (Å²) >= 11 is 0. The predicted octanol–water partition coefficient (Wildman–Crippen LogP) is 4.41. The molecule has 0 aliphatic heterocycles. The lowest BCUT2D eigenvalue weighted by atomic mass is 10.1. The van der Waals surface area contributed by atoms with Crippen molar-refractivity contribution in [3.05, 3.63) is 89.4 Å². The average Bonchev–Trinajstić information content (AvgIpc) is 2.67. The molecule has 7 heteroatoms. The van der Waals surface area contributed by atoms with Crippen molar-refractivity contribution in [2.45, 2.75) is 6.42 Å². The molecular weight excluding hydrogens is 355 g/mol. The lowest BCUT2D eigenvalue weighted by Crippen LogP contribution is -2.13. The zero-order valence-electron chi connectivity index (χ0n) is 14.2. The number of nitrogens with zero attached hydrogens (tertiary/aromatic N) is 1. The van der Waals surface area contributed by atoms with E-state index in [1.165, 1.54) is 18.2 Å². The topological polar surface area (TPSA) is 54.0 Å². The van der Waals surface area contributed by atoms with Gasteiger partial charge in [-0.25, -0.2) is 18.2 Å². The van der Waals surface area contributed by atoms with E-state index in [1.807, 2.05) is 0 Å². The summed E-state index contributed by atoms with van der Waals surface area (Å²) in [4.78, 5) is 16.1. The first-order valence-corrected chi connectivity index (χ1v) is 8.22. The van der Waals surface area contributed by atoms with Crippen LogP contribution >= 0.6 is 0 Å². The Morgan fingerprint density at radius 3 is 2.37 bits per heavy atom. The molecule has 138 valence electrons. The van der Waals surface area contributed by atoms with Crippen molar-refractivity contribution < 1.29 is 18.0 Å². The van der Waals surface area contributed by atoms with Gasteiger partial charge in [0.25, 0.3) is 5.91 Å². The number of nitrogens with one attached hydrogen (secondary N) is 2. The largest absolute Gasteiger partial charge is 0.383 e. The van der Waals surface area contributed by atoms with Crippen LogP contribution in [0, 0.1) is 17.5 Å². The van der Waals surface area contributed by atoms with Gasteiger partial charge in [-0.05, 0) is 54.4 Å². The second kappa shape index (κ2) is 8.35. The van der Waals surface area contributed by atoms with Crippen LogP contribution in [-0.2, 0) is 6.42 Å². The van der Waals surface area contributed by atoms with Crippen LogP contribution in [0.2, 0.25) is 0 Å². The molecule has 3 aromatic rings. The van der Waals surface area contributed by atoms with E-state index in [0.717, 1.165) is 29.8 Å². The highest BCUT2D eigenvalue weighted by Gasteiger charge is 2.10. The van der Waals surface area contributed by atoms with Crippen LogP contribution in [-0.4, -0.2) is 17.4 Å². The Balaban J connectivity index is 1.52. The molecule has 1 heterocycles. The summed E-state index contributed by atoms with van der Waals surface area (Å²) in [7, 11) is 0. The first-order chi connectivity index (χ1) is 13.0. The molecule has 2 aromatic carbocycles. The van der Waals surface area contributed by atoms with E-state index < -0.39 is 17.5 Å². The number of hydrogen-bond acceptors (Lipinski definition) is 3. The lowest BCUT2D eigenvalue weighted by molar-refractivity contribution is 0.102. The number of hydrogen-bond donors (Lipinski definition) is 2. The Kier molecular flexibility index (Phi) is 5.71. The van der Waals surface area contributed by atoms with Gasteiger partial charge in [-0.15, -0.1) is 0 Å². The van der Waals surface area contributed by atoms with Gasteiger partial charge in [-0.1, -0.05) is 12.1 Å². The highest BCUT2D eigenvalue weighted by molar-refractivity contribution is 6.03. The van der Waals surface area contributed by atoms with Gasteiger partial charge in [0.15, 0.2) is 11.6 Å². The molecule has 0 bridgehead atoms. The summed E-state index contributed by atoms with van der Waals surface area (Å²) in [5, 5.41) is 5.69. The molecule has 0 fully saturated rings. The van der Waals surface area contributed by atoms with Crippen LogP contribution in [0.1, 0.15) is 15.9 Å². The standard InChI is InChI=1S/C20H16F3N3O/c21-15-4-1-13(2-5-15)9-10-24-16-6-8-19(25-12-16)26-20(27)14-3-7-17(22)18(23)11-14/h1-8,11-12,24H,9-10H2,(H,25,26,27). The molecule has 27 heavy (non-hydrogen) atoms. The van der Waals surface area contributed by atoms with Crippen molar-refractivity contribution in [2.24, 2.45) is 0 Å². The molecule has 3 rings (SSSR count). The zero-order valence-corrected chi connectivity index (χ0v) is 14.2. The number of carbonyl (C=O) groups excluding carboxylic acids is 1. The van der Waals surface area contributed by atoms with Gasteiger partial charge in [0, 0.05) is 12.1 Å². The number of amides is 1. The first kappa shape index (κ1) is 18.4. The molecule has 4 nitrogen and oxygen atoms in total. The number of halogens is 3. The Hall–Kier alpha value is -3.35. The summed E-state index contributed by atoms with van der Waals surface area (Å²) in [5.74, 6) is -2.67. The average molecular weight is 371 g/mol. The predicted molar refractivity (Wildman–Crippen MR) is 97.1 cm³/mol. The van der Waals surface area contributed by atoms with E-state index in [2.05, 4.69) is 15.6 Å². The van der Waals surface area contributed by atoms with Crippen LogP contribution in [0.5, 0.6) is 0 Å². The molecule has 0 spiro atoms. The third kappa shape index (κ3) is 5.07. The van der Waals surface area contributed by atoms with Gasteiger partial charge in [0.05, 0.1) is 11.9 Å². The number of pyridine rings is 1. The molecule has 0 aliphatic carbocycles. The molecule has 0 saturated heterocycles. The Morgan fingerprint density at radius 2 is 1.70 bits per heavy atom. The Bertz CT molecular complexity index is 928. The number of benzene rings is 2. The lowest BCUT2D eigenvalue weighted by Gasteiger charge is -2.08. The van der Waals surface area contributed by atoms with Crippen LogP contribution in [0.3, 0.4) is 0 Å². The van der Waals surface area contributed by atoms with Crippen LogP contribution in [0.4, 0.5) is 24.7 Å². The van der Waals surface area contributed by atoms with Crippen molar-refractivity contribution in [1.82, 2.24) is 4.98 Å². The van der Waals surface area contributed by atoms with E-state index in [9.17, 15) is 18.0 Å². The maximum atomic E-state index is 13.2. The second-order valence-electron chi connectivity index (χ2n) is 5.82. The SMILES string of the molecule is O=C(Nc1ccc(NCCc2ccc(F)cc2)cn1)c1ccc(F)c(F)c1. The van der Waals surface area contributed by atoms with Gasteiger partial charge in [0.2, 0.25) is 0 Å². The molecular formula is C20H16F3N3O. The van der Waals surface area contributed by atoms with E-state index in [0.29, 0.717) is 6.54 Å². The highest BCUT2D eigenvalue weighted by Crippen LogP contribution is 2.13. The van der Waals surface area contributed by atoms with E-state index in [1.54, 1.807) is 30.5 Å². The van der Waals surface area contributed by atoms with Crippen molar-refractivity contribution >= 4 is 17.4 Å². The number of rotatable bonds is 6. The van der Waals surface area contributed by atoms with Crippen molar-refractivity contribution in [3.8, 4) is 0 Å². The first-order valence-electron chi connectivity index (χ1n) is 8.22. The number of anilines is 2. The fourth-order valence-electron chi connectivity index (χ4n) is 2.40. The monoisotopic (exact) mass is 371 g/mol. The van der Waals surface area contributed by atoms with Crippen LogP contribution in [0.25, 0.3) is 0 Å². The molecule has 0 aliphatic rings. The van der Waals surface area contributed by atoms with Crippen molar-refractivity contribution in [3.63, 3.8) is 0 Å². The van der Waals surface area contributed by atoms with Gasteiger partial charge < -0.3 is 10.6 Å². The molecule has 0 saturated carbocycles. The molecule has 0 radical (unpaired) electrons. The second-order valence-corrected chi connectivity index (χ2v) is 5.82. The normalized spacial score (nSPS) is 10.5. The summed E-state index contributed by atoms with van der Waals surface area (Å²) in [6, 6.07) is 12.5. The number of aromatic nitrogens is 1. The smallest absolute Gasteiger partial charge is 0.256 e. The Morgan fingerprint density at radius 1 is 0.926 bits per heavy atom. The maximum absolute atomic E-state index is 13.2. The van der Waals surface area contributed by atoms with E-state index >= 15 is 0 Å².